The van der Waals surface area contributed by atoms with E-state index in [4.69, 9.17) is 4.74 Å². The maximum Gasteiger partial charge on any atom is 0.262 e. The molecule has 4 aromatic rings. The van der Waals surface area contributed by atoms with Crippen LogP contribution in [0.4, 0.5) is 11.4 Å². The summed E-state index contributed by atoms with van der Waals surface area (Å²) in [7, 11) is -2.50. The summed E-state index contributed by atoms with van der Waals surface area (Å²) < 4.78 is 35.8. The zero-order chi connectivity index (χ0) is 24.3. The van der Waals surface area contributed by atoms with E-state index in [9.17, 15) is 13.2 Å². The summed E-state index contributed by atoms with van der Waals surface area (Å²) in [6.07, 6.45) is 1.70. The highest BCUT2D eigenvalue weighted by molar-refractivity contribution is 7.92. The number of carbonyl (C=O) groups excluding carboxylic acids is 1. The highest BCUT2D eigenvalue weighted by Gasteiger charge is 2.21. The van der Waals surface area contributed by atoms with Crippen molar-refractivity contribution in [3.63, 3.8) is 0 Å². The van der Waals surface area contributed by atoms with Crippen LogP contribution in [-0.4, -0.2) is 31.2 Å². The number of para-hydroxylation sites is 2. The van der Waals surface area contributed by atoms with Gasteiger partial charge in [0.05, 0.1) is 23.4 Å². The van der Waals surface area contributed by atoms with E-state index in [0.717, 1.165) is 11.4 Å². The summed E-state index contributed by atoms with van der Waals surface area (Å²) in [6, 6.07) is 20.4. The van der Waals surface area contributed by atoms with Crippen molar-refractivity contribution in [2.75, 3.05) is 17.1 Å². The molecule has 0 saturated carbocycles. The molecule has 0 bridgehead atoms. The Kier molecular flexibility index (Phi) is 6.38. The molecule has 8 nitrogen and oxygen atoms in total. The molecule has 0 fully saturated rings. The van der Waals surface area contributed by atoms with Gasteiger partial charge in [0.2, 0.25) is 0 Å². The van der Waals surface area contributed by atoms with Crippen LogP contribution in [0.15, 0.2) is 83.9 Å². The Morgan fingerprint density at radius 2 is 1.76 bits per heavy atom. The predicted molar refractivity (Wildman–Crippen MR) is 131 cm³/mol. The monoisotopic (exact) mass is 476 g/mol. The lowest BCUT2D eigenvalue weighted by atomic mass is 10.1. The third-order valence-corrected chi connectivity index (χ3v) is 6.78. The summed E-state index contributed by atoms with van der Waals surface area (Å²) in [5.41, 5.74) is 3.36. The van der Waals surface area contributed by atoms with Gasteiger partial charge in [-0.15, -0.1) is 0 Å². The van der Waals surface area contributed by atoms with E-state index in [0.29, 0.717) is 22.7 Å². The summed E-state index contributed by atoms with van der Waals surface area (Å²) >= 11 is 0. The number of amides is 1. The number of rotatable bonds is 7. The lowest BCUT2D eigenvalue weighted by molar-refractivity contribution is 0.102. The molecule has 1 amide bonds. The molecular weight excluding hydrogens is 452 g/mol. The molecule has 0 atom stereocenters. The van der Waals surface area contributed by atoms with Crippen LogP contribution in [-0.2, 0) is 10.0 Å². The van der Waals surface area contributed by atoms with Crippen LogP contribution in [0.25, 0.3) is 5.69 Å². The van der Waals surface area contributed by atoms with Crippen LogP contribution in [0, 0.1) is 13.8 Å². The van der Waals surface area contributed by atoms with Crippen molar-refractivity contribution < 1.29 is 17.9 Å². The Bertz CT molecular complexity index is 1460. The number of sulfonamides is 1. The van der Waals surface area contributed by atoms with Gasteiger partial charge in [-0.05, 0) is 67.9 Å². The van der Waals surface area contributed by atoms with E-state index < -0.39 is 15.9 Å². The highest BCUT2D eigenvalue weighted by Crippen LogP contribution is 2.28. The van der Waals surface area contributed by atoms with Crippen LogP contribution in [0.2, 0.25) is 0 Å². The summed E-state index contributed by atoms with van der Waals surface area (Å²) in [5.74, 6) is -0.0343. The Labute approximate surface area is 198 Å². The van der Waals surface area contributed by atoms with Gasteiger partial charge < -0.3 is 10.1 Å². The zero-order valence-corrected chi connectivity index (χ0v) is 19.8. The second-order valence-corrected chi connectivity index (χ2v) is 9.33. The van der Waals surface area contributed by atoms with Gasteiger partial charge in [0.25, 0.3) is 15.9 Å². The second-order valence-electron chi connectivity index (χ2n) is 7.67. The summed E-state index contributed by atoms with van der Waals surface area (Å²) in [4.78, 5) is 13.0. The van der Waals surface area contributed by atoms with Gasteiger partial charge in [0, 0.05) is 23.1 Å². The van der Waals surface area contributed by atoms with Crippen molar-refractivity contribution in [3.05, 3.63) is 95.8 Å². The van der Waals surface area contributed by atoms with Crippen LogP contribution >= 0.6 is 0 Å². The van der Waals surface area contributed by atoms with Gasteiger partial charge in [0.15, 0.2) is 0 Å². The topological polar surface area (TPSA) is 102 Å². The van der Waals surface area contributed by atoms with Crippen LogP contribution < -0.4 is 14.8 Å². The quantitative estimate of drug-likeness (QED) is 0.407. The van der Waals surface area contributed by atoms with Gasteiger partial charge in [-0.3, -0.25) is 9.52 Å². The minimum Gasteiger partial charge on any atom is -0.495 e. The molecule has 0 aliphatic carbocycles. The molecular formula is C25H24N4O4S. The fraction of sp³-hybridized carbons (Fsp3) is 0.120. The molecule has 1 aromatic heterocycles. The smallest absolute Gasteiger partial charge is 0.262 e. The number of nitrogens with zero attached hydrogens (tertiary/aromatic N) is 2. The number of benzene rings is 3. The van der Waals surface area contributed by atoms with Crippen molar-refractivity contribution >= 4 is 27.3 Å². The molecule has 0 spiro atoms. The number of hydrogen-bond donors (Lipinski definition) is 2. The molecule has 4 rings (SSSR count). The first-order valence-corrected chi connectivity index (χ1v) is 12.0. The Hall–Kier alpha value is -4.11. The predicted octanol–water partition coefficient (Wildman–Crippen LogP) is 4.55. The number of nitrogens with one attached hydrogen (secondary N) is 2. The Balaban J connectivity index is 1.60. The molecule has 2 N–H and O–H groups in total. The lowest BCUT2D eigenvalue weighted by Crippen LogP contribution is -2.17. The van der Waals surface area contributed by atoms with Crippen molar-refractivity contribution in [3.8, 4) is 11.4 Å². The zero-order valence-electron chi connectivity index (χ0n) is 18.9. The lowest BCUT2D eigenvalue weighted by Gasteiger charge is -2.14. The molecule has 174 valence electrons. The van der Waals surface area contributed by atoms with Crippen molar-refractivity contribution in [1.82, 2.24) is 9.78 Å². The number of anilines is 2. The van der Waals surface area contributed by atoms with Gasteiger partial charge >= 0.3 is 0 Å². The largest absolute Gasteiger partial charge is 0.495 e. The maximum absolute atomic E-state index is 13.1. The molecule has 0 radical (unpaired) electrons. The second kappa shape index (κ2) is 9.40. The molecule has 3 aromatic carbocycles. The number of methoxy groups -OCH3 is 1. The highest BCUT2D eigenvalue weighted by atomic mass is 32.2. The van der Waals surface area contributed by atoms with Crippen LogP contribution in [0.1, 0.15) is 21.6 Å². The molecule has 0 unspecified atom stereocenters. The molecule has 9 heteroatoms. The van der Waals surface area contributed by atoms with Gasteiger partial charge in [0.1, 0.15) is 5.75 Å². The standard InChI is InChI=1S/C25H24N4O4S/c1-17-11-12-19(15-24(17)34(31,32)28-22-9-4-5-10-23(22)33-3)25(30)27-20-7-6-8-21(16-20)29-18(2)13-14-26-29/h4-16,28H,1-3H3,(H,27,30). The third kappa shape index (κ3) is 4.79. The van der Waals surface area contributed by atoms with Crippen LogP contribution in [0.5, 0.6) is 5.75 Å². The average Bonchev–Trinajstić information content (AvgIpc) is 3.25. The first-order chi connectivity index (χ1) is 16.3. The fourth-order valence-corrected chi connectivity index (χ4v) is 4.86. The van der Waals surface area contributed by atoms with Gasteiger partial charge in [-0.1, -0.05) is 24.3 Å². The molecule has 1 heterocycles. The van der Waals surface area contributed by atoms with Gasteiger partial charge in [-0.2, -0.15) is 5.10 Å². The number of carbonyl (C=O) groups is 1. The van der Waals surface area contributed by atoms with E-state index in [-0.39, 0.29) is 10.5 Å². The van der Waals surface area contributed by atoms with E-state index in [1.54, 1.807) is 66.3 Å². The van der Waals surface area contributed by atoms with Crippen molar-refractivity contribution in [2.24, 2.45) is 0 Å². The van der Waals surface area contributed by atoms with Crippen LogP contribution in [0.3, 0.4) is 0 Å². The summed E-state index contributed by atoms with van der Waals surface area (Å²) in [6.45, 7) is 3.61. The van der Waals surface area contributed by atoms with E-state index in [1.165, 1.54) is 13.2 Å². The fourth-order valence-electron chi connectivity index (χ4n) is 3.52. The Morgan fingerprint density at radius 3 is 2.50 bits per heavy atom. The number of aryl methyl sites for hydroxylation is 2. The maximum atomic E-state index is 13.1. The normalized spacial score (nSPS) is 11.1. The minimum absolute atomic E-state index is 0.00646. The first-order valence-electron chi connectivity index (χ1n) is 10.5. The molecule has 0 aliphatic heterocycles. The third-order valence-electron chi connectivity index (χ3n) is 5.27. The van der Waals surface area contributed by atoms with Crippen molar-refractivity contribution in [1.29, 1.82) is 0 Å². The number of hydrogen-bond acceptors (Lipinski definition) is 5. The van der Waals surface area contributed by atoms with Gasteiger partial charge in [-0.25, -0.2) is 13.1 Å². The van der Waals surface area contributed by atoms with Crippen molar-refractivity contribution in [2.45, 2.75) is 18.7 Å². The van der Waals surface area contributed by atoms with E-state index in [1.807, 2.05) is 25.1 Å². The van der Waals surface area contributed by atoms with E-state index in [2.05, 4.69) is 15.1 Å². The average molecular weight is 477 g/mol. The minimum atomic E-state index is -3.97. The van der Waals surface area contributed by atoms with E-state index >= 15 is 0 Å². The number of ether oxygens (including phenoxy) is 1. The first kappa shape index (κ1) is 23.1. The Morgan fingerprint density at radius 1 is 0.971 bits per heavy atom. The summed E-state index contributed by atoms with van der Waals surface area (Å²) in [5, 5.41) is 7.11. The molecule has 0 saturated heterocycles. The SMILES string of the molecule is COc1ccccc1NS(=O)(=O)c1cc(C(=O)Nc2cccc(-n3nccc3C)c2)ccc1C. The number of aromatic nitrogens is 2. The molecule has 34 heavy (non-hydrogen) atoms. The molecule has 0 aliphatic rings.